The van der Waals surface area contributed by atoms with E-state index in [1.807, 2.05) is 30.3 Å². The average Bonchev–Trinajstić information content (AvgIpc) is 2.81. The summed E-state index contributed by atoms with van der Waals surface area (Å²) in [6, 6.07) is 13.6. The zero-order valence-corrected chi connectivity index (χ0v) is 18.5. The molecule has 1 aliphatic rings. The predicted molar refractivity (Wildman–Crippen MR) is 123 cm³/mol. The lowest BCUT2D eigenvalue weighted by Gasteiger charge is -2.32. The number of carbonyl (C=O) groups excluding carboxylic acids is 1. The van der Waals surface area contributed by atoms with Crippen LogP contribution >= 0.6 is 0 Å². The zero-order valence-electron chi connectivity index (χ0n) is 18.5. The number of amides is 1. The van der Waals surface area contributed by atoms with Crippen LogP contribution in [0.25, 0.3) is 11.3 Å². The highest BCUT2D eigenvalue weighted by molar-refractivity contribution is 5.79. The first-order valence-corrected chi connectivity index (χ1v) is 11.0. The summed E-state index contributed by atoms with van der Waals surface area (Å²) in [5.41, 5.74) is 3.66. The number of nitrogens with one attached hydrogen (secondary N) is 1. The van der Waals surface area contributed by atoms with Crippen molar-refractivity contribution in [3.63, 3.8) is 0 Å². The molecule has 8 nitrogen and oxygen atoms in total. The van der Waals surface area contributed by atoms with Gasteiger partial charge in [-0.15, -0.1) is 10.2 Å². The van der Waals surface area contributed by atoms with Crippen LogP contribution in [0.1, 0.15) is 24.1 Å². The third-order valence-corrected chi connectivity index (χ3v) is 5.86. The zero-order chi connectivity index (χ0) is 22.5. The van der Waals surface area contributed by atoms with Gasteiger partial charge in [-0.25, -0.2) is 4.98 Å². The molecule has 1 N–H and O–H groups in total. The van der Waals surface area contributed by atoms with E-state index in [2.05, 4.69) is 38.4 Å². The predicted octanol–water partition coefficient (Wildman–Crippen LogP) is 2.35. The second-order valence-corrected chi connectivity index (χ2v) is 8.23. The van der Waals surface area contributed by atoms with Crippen molar-refractivity contribution in [2.45, 2.75) is 33.2 Å². The minimum absolute atomic E-state index is 0.00677. The van der Waals surface area contributed by atoms with Gasteiger partial charge in [-0.3, -0.25) is 14.2 Å². The molecule has 3 heterocycles. The maximum atomic E-state index is 12.7. The standard InChI is InChI=1S/C24H28N6O2/c1-17-6-3-4-8-20(17)21-9-10-22(28-27-21)29-12-5-7-19(15-29)24(32)25-11-13-30-16-26-18(2)14-23(30)31/h3-4,6,8-10,14,16,19H,5,7,11-13,15H2,1-2H3,(H,25,32). The van der Waals surface area contributed by atoms with Gasteiger partial charge in [0.15, 0.2) is 5.82 Å². The first-order chi connectivity index (χ1) is 15.5. The lowest BCUT2D eigenvalue weighted by molar-refractivity contribution is -0.125. The van der Waals surface area contributed by atoms with Crippen LogP contribution in [-0.4, -0.2) is 45.3 Å². The molecule has 1 aromatic carbocycles. The van der Waals surface area contributed by atoms with Crippen molar-refractivity contribution < 1.29 is 4.79 Å². The first kappa shape index (κ1) is 21.7. The van der Waals surface area contributed by atoms with Crippen LogP contribution < -0.4 is 15.8 Å². The largest absolute Gasteiger partial charge is 0.354 e. The van der Waals surface area contributed by atoms with E-state index in [0.29, 0.717) is 25.3 Å². The number of benzene rings is 1. The van der Waals surface area contributed by atoms with Gasteiger partial charge in [-0.1, -0.05) is 24.3 Å². The Balaban J connectivity index is 1.34. The Morgan fingerprint density at radius 3 is 2.75 bits per heavy atom. The Morgan fingerprint density at radius 2 is 2.00 bits per heavy atom. The highest BCUT2D eigenvalue weighted by Gasteiger charge is 2.26. The van der Waals surface area contributed by atoms with Gasteiger partial charge in [0, 0.05) is 43.5 Å². The summed E-state index contributed by atoms with van der Waals surface area (Å²) in [6.07, 6.45) is 3.27. The molecule has 1 amide bonds. The number of hydrogen-bond acceptors (Lipinski definition) is 6. The molecule has 1 saturated heterocycles. The van der Waals surface area contributed by atoms with Crippen molar-refractivity contribution in [2.24, 2.45) is 5.92 Å². The fourth-order valence-electron chi connectivity index (χ4n) is 4.03. The maximum Gasteiger partial charge on any atom is 0.253 e. The van der Waals surface area contributed by atoms with E-state index in [9.17, 15) is 9.59 Å². The van der Waals surface area contributed by atoms with Crippen LogP contribution in [0.5, 0.6) is 0 Å². The molecule has 0 radical (unpaired) electrons. The quantitative estimate of drug-likeness (QED) is 0.643. The molecule has 32 heavy (non-hydrogen) atoms. The molecule has 4 rings (SSSR count). The summed E-state index contributed by atoms with van der Waals surface area (Å²) in [5, 5.41) is 11.8. The second-order valence-electron chi connectivity index (χ2n) is 8.23. The van der Waals surface area contributed by atoms with Crippen LogP contribution in [0.2, 0.25) is 0 Å². The number of carbonyl (C=O) groups is 1. The fraction of sp³-hybridized carbons (Fsp3) is 0.375. The molecule has 0 bridgehead atoms. The van der Waals surface area contributed by atoms with Crippen molar-refractivity contribution in [1.29, 1.82) is 0 Å². The average molecular weight is 433 g/mol. The van der Waals surface area contributed by atoms with Gasteiger partial charge in [-0.2, -0.15) is 0 Å². The molecule has 166 valence electrons. The first-order valence-electron chi connectivity index (χ1n) is 11.0. The minimum atomic E-state index is -0.116. The normalized spacial score (nSPS) is 16.1. The van der Waals surface area contributed by atoms with Gasteiger partial charge in [0.2, 0.25) is 5.91 Å². The smallest absolute Gasteiger partial charge is 0.253 e. The van der Waals surface area contributed by atoms with Crippen LogP contribution in [0.15, 0.2) is 53.6 Å². The number of aromatic nitrogens is 4. The van der Waals surface area contributed by atoms with Crippen molar-refractivity contribution in [3.8, 4) is 11.3 Å². The molecular weight excluding hydrogens is 404 g/mol. The number of anilines is 1. The number of nitrogens with zero attached hydrogens (tertiary/aromatic N) is 5. The van der Waals surface area contributed by atoms with E-state index >= 15 is 0 Å². The Labute approximate surface area is 187 Å². The fourth-order valence-corrected chi connectivity index (χ4v) is 4.03. The number of aryl methyl sites for hydroxylation is 2. The third kappa shape index (κ3) is 5.01. The SMILES string of the molecule is Cc1cc(=O)n(CCNC(=O)C2CCCN(c3ccc(-c4ccccc4C)nn3)C2)cn1. The van der Waals surface area contributed by atoms with Crippen LogP contribution in [0, 0.1) is 19.8 Å². The number of piperidine rings is 1. The molecule has 2 aromatic heterocycles. The van der Waals surface area contributed by atoms with E-state index in [4.69, 9.17) is 0 Å². The summed E-state index contributed by atoms with van der Waals surface area (Å²) < 4.78 is 1.51. The van der Waals surface area contributed by atoms with E-state index in [1.165, 1.54) is 17.0 Å². The molecule has 3 aromatic rings. The highest BCUT2D eigenvalue weighted by Crippen LogP contribution is 2.24. The van der Waals surface area contributed by atoms with E-state index in [0.717, 1.165) is 42.0 Å². The van der Waals surface area contributed by atoms with Crippen molar-refractivity contribution in [3.05, 3.63) is 70.4 Å². The van der Waals surface area contributed by atoms with Crippen LogP contribution in [0.3, 0.4) is 0 Å². The molecule has 0 spiro atoms. The van der Waals surface area contributed by atoms with E-state index < -0.39 is 0 Å². The van der Waals surface area contributed by atoms with Gasteiger partial charge in [0.05, 0.1) is 17.9 Å². The molecule has 0 saturated carbocycles. The summed E-state index contributed by atoms with van der Waals surface area (Å²) in [4.78, 5) is 30.9. The molecule has 1 aliphatic heterocycles. The molecule has 8 heteroatoms. The van der Waals surface area contributed by atoms with Crippen molar-refractivity contribution in [2.75, 3.05) is 24.5 Å². The van der Waals surface area contributed by atoms with Gasteiger partial charge in [0.25, 0.3) is 5.56 Å². The topological polar surface area (TPSA) is 93.0 Å². The van der Waals surface area contributed by atoms with Crippen molar-refractivity contribution in [1.82, 2.24) is 25.1 Å². The third-order valence-electron chi connectivity index (χ3n) is 5.86. The minimum Gasteiger partial charge on any atom is -0.354 e. The second kappa shape index (κ2) is 9.72. The van der Waals surface area contributed by atoms with E-state index in [-0.39, 0.29) is 17.4 Å². The summed E-state index contributed by atoms with van der Waals surface area (Å²) in [6.45, 7) is 6.10. The van der Waals surface area contributed by atoms with Crippen LogP contribution in [-0.2, 0) is 11.3 Å². The van der Waals surface area contributed by atoms with Crippen LogP contribution in [0.4, 0.5) is 5.82 Å². The van der Waals surface area contributed by atoms with E-state index in [1.54, 1.807) is 6.92 Å². The number of rotatable bonds is 6. The number of hydrogen-bond donors (Lipinski definition) is 1. The molecule has 1 unspecified atom stereocenters. The van der Waals surface area contributed by atoms with Gasteiger partial charge in [-0.05, 0) is 44.4 Å². The molecule has 0 aliphatic carbocycles. The summed E-state index contributed by atoms with van der Waals surface area (Å²) in [5.74, 6) is 0.680. The summed E-state index contributed by atoms with van der Waals surface area (Å²) in [7, 11) is 0. The molecule has 1 atom stereocenters. The monoisotopic (exact) mass is 432 g/mol. The Hall–Kier alpha value is -3.55. The van der Waals surface area contributed by atoms with Gasteiger partial charge >= 0.3 is 0 Å². The van der Waals surface area contributed by atoms with Gasteiger partial charge in [0.1, 0.15) is 0 Å². The molecule has 1 fully saturated rings. The highest BCUT2D eigenvalue weighted by atomic mass is 16.2. The lowest BCUT2D eigenvalue weighted by atomic mass is 9.97. The van der Waals surface area contributed by atoms with Gasteiger partial charge < -0.3 is 10.2 Å². The summed E-state index contributed by atoms with van der Waals surface area (Å²) >= 11 is 0. The Kier molecular flexibility index (Phi) is 6.58. The lowest BCUT2D eigenvalue weighted by Crippen LogP contribution is -2.44. The Bertz CT molecular complexity index is 1140. The maximum absolute atomic E-state index is 12.7. The molecular formula is C24H28N6O2. The Morgan fingerprint density at radius 1 is 1.16 bits per heavy atom. The van der Waals surface area contributed by atoms with Crippen molar-refractivity contribution >= 4 is 11.7 Å².